The highest BCUT2D eigenvalue weighted by atomic mass is 16.5. The fourth-order valence-corrected chi connectivity index (χ4v) is 1.95. The molecule has 0 amide bonds. The van der Waals surface area contributed by atoms with Crippen molar-refractivity contribution in [3.63, 3.8) is 0 Å². The maximum absolute atomic E-state index is 5.72. The third-order valence-corrected chi connectivity index (χ3v) is 2.99. The molecule has 1 aromatic carbocycles. The van der Waals surface area contributed by atoms with Crippen LogP contribution in [0.1, 0.15) is 5.56 Å². The van der Waals surface area contributed by atoms with Gasteiger partial charge in [0, 0.05) is 31.9 Å². The predicted molar refractivity (Wildman–Crippen MR) is 67.5 cm³/mol. The molecule has 0 aromatic heterocycles. The summed E-state index contributed by atoms with van der Waals surface area (Å²) in [6.45, 7) is 2.82. The Kier molecular flexibility index (Phi) is 3.34. The summed E-state index contributed by atoms with van der Waals surface area (Å²) in [5.41, 5.74) is 2.75. The van der Waals surface area contributed by atoms with E-state index in [1.54, 1.807) is 0 Å². The molecule has 0 spiro atoms. The van der Waals surface area contributed by atoms with Crippen LogP contribution in [0.2, 0.25) is 0 Å². The average molecular weight is 220 g/mol. The number of anilines is 1. The van der Waals surface area contributed by atoms with E-state index in [9.17, 15) is 0 Å². The van der Waals surface area contributed by atoms with Crippen LogP contribution in [0.25, 0.3) is 0 Å². The van der Waals surface area contributed by atoms with E-state index in [0.29, 0.717) is 0 Å². The lowest BCUT2D eigenvalue weighted by atomic mass is 10.1. The summed E-state index contributed by atoms with van der Waals surface area (Å²) in [6, 6.07) is 6.41. The Bertz CT molecular complexity index is 363. The lowest BCUT2D eigenvalue weighted by molar-refractivity contribution is 0.261. The number of hydrogen-bond acceptors (Lipinski definition) is 3. The van der Waals surface area contributed by atoms with E-state index in [4.69, 9.17) is 4.74 Å². The molecule has 0 fully saturated rings. The zero-order chi connectivity index (χ0) is 11.5. The predicted octanol–water partition coefficient (Wildman–Crippen LogP) is 1.62. The second-order valence-electron chi connectivity index (χ2n) is 4.61. The summed E-state index contributed by atoms with van der Waals surface area (Å²) in [7, 11) is 6.25. The second kappa shape index (κ2) is 4.74. The number of likely N-dealkylation sites (N-methyl/N-ethyl adjacent to an activating group) is 2. The Labute approximate surface area is 97.6 Å². The first-order chi connectivity index (χ1) is 7.66. The number of benzene rings is 1. The number of nitrogens with zero attached hydrogens (tertiary/aromatic N) is 2. The van der Waals surface area contributed by atoms with Gasteiger partial charge in [-0.05, 0) is 32.1 Å². The van der Waals surface area contributed by atoms with Crippen LogP contribution in [0.15, 0.2) is 18.2 Å². The zero-order valence-electron chi connectivity index (χ0n) is 10.4. The number of fused-ring (bicyclic) bond motifs is 1. The molecule has 2 rings (SSSR count). The minimum absolute atomic E-state index is 0.746. The molecule has 1 aromatic rings. The van der Waals surface area contributed by atoms with E-state index in [2.05, 4.69) is 49.1 Å². The molecule has 3 heteroatoms. The summed E-state index contributed by atoms with van der Waals surface area (Å²) in [4.78, 5) is 4.41. The molecule has 3 nitrogen and oxygen atoms in total. The first-order valence-electron chi connectivity index (χ1n) is 5.78. The summed E-state index contributed by atoms with van der Waals surface area (Å²) >= 11 is 0. The molecule has 16 heavy (non-hydrogen) atoms. The summed E-state index contributed by atoms with van der Waals surface area (Å²) in [6.07, 6.45) is 1.16. The lowest BCUT2D eigenvalue weighted by Crippen LogP contribution is -2.19. The van der Waals surface area contributed by atoms with Crippen LogP contribution in [-0.4, -0.2) is 45.7 Å². The molecule has 0 saturated carbocycles. The Hall–Kier alpha value is -1.22. The molecule has 88 valence electrons. The van der Waals surface area contributed by atoms with Crippen LogP contribution in [0.3, 0.4) is 0 Å². The molecule has 0 radical (unpaired) electrons. The normalized spacial score (nSPS) is 14.4. The van der Waals surface area contributed by atoms with Crippen molar-refractivity contribution >= 4 is 5.69 Å². The van der Waals surface area contributed by atoms with Gasteiger partial charge >= 0.3 is 0 Å². The molecule has 1 aliphatic heterocycles. The third-order valence-electron chi connectivity index (χ3n) is 2.99. The summed E-state index contributed by atoms with van der Waals surface area (Å²) in [5.74, 6) is 0.981. The molecule has 0 aliphatic carbocycles. The van der Waals surface area contributed by atoms with Gasteiger partial charge in [0.15, 0.2) is 0 Å². The summed E-state index contributed by atoms with van der Waals surface area (Å²) < 4.78 is 5.72. The fourth-order valence-electron chi connectivity index (χ4n) is 1.95. The second-order valence-corrected chi connectivity index (χ2v) is 4.61. The third kappa shape index (κ3) is 2.47. The minimum Gasteiger partial charge on any atom is -0.492 e. The molecule has 0 unspecified atom stereocenters. The quantitative estimate of drug-likeness (QED) is 0.767. The summed E-state index contributed by atoms with van der Waals surface area (Å²) in [5, 5.41) is 0. The fraction of sp³-hybridized carbons (Fsp3) is 0.538. The Morgan fingerprint density at radius 1 is 1.38 bits per heavy atom. The van der Waals surface area contributed by atoms with Gasteiger partial charge in [0.1, 0.15) is 12.4 Å². The van der Waals surface area contributed by atoms with Crippen LogP contribution in [-0.2, 0) is 6.42 Å². The minimum atomic E-state index is 0.746. The highest BCUT2D eigenvalue weighted by molar-refractivity contribution is 5.60. The first kappa shape index (κ1) is 11.3. The van der Waals surface area contributed by atoms with Gasteiger partial charge in [0.05, 0.1) is 0 Å². The van der Waals surface area contributed by atoms with Crippen molar-refractivity contribution in [3.05, 3.63) is 23.8 Å². The van der Waals surface area contributed by atoms with Crippen LogP contribution < -0.4 is 9.64 Å². The maximum Gasteiger partial charge on any atom is 0.121 e. The van der Waals surface area contributed by atoms with Crippen LogP contribution in [0, 0.1) is 0 Å². The van der Waals surface area contributed by atoms with Gasteiger partial charge in [-0.2, -0.15) is 0 Å². The van der Waals surface area contributed by atoms with E-state index in [0.717, 1.165) is 31.9 Å². The highest BCUT2D eigenvalue weighted by Gasteiger charge is 2.15. The molecular formula is C13H20N2O. The van der Waals surface area contributed by atoms with Gasteiger partial charge in [-0.3, -0.25) is 0 Å². The molecule has 0 saturated heterocycles. The van der Waals surface area contributed by atoms with Crippen molar-refractivity contribution < 1.29 is 4.74 Å². The van der Waals surface area contributed by atoms with Gasteiger partial charge in [0.25, 0.3) is 0 Å². The van der Waals surface area contributed by atoms with Gasteiger partial charge in [0.2, 0.25) is 0 Å². The van der Waals surface area contributed by atoms with E-state index >= 15 is 0 Å². The lowest BCUT2D eigenvalue weighted by Gasteiger charge is -2.14. The van der Waals surface area contributed by atoms with Crippen molar-refractivity contribution in [2.45, 2.75) is 6.42 Å². The molecule has 0 bridgehead atoms. The SMILES string of the molecule is CN(C)CCOc1ccc2c(c1)N(C)CC2. The van der Waals surface area contributed by atoms with Gasteiger partial charge in [-0.1, -0.05) is 6.07 Å². The molecule has 0 atom stereocenters. The topological polar surface area (TPSA) is 15.7 Å². The number of hydrogen-bond donors (Lipinski definition) is 0. The monoisotopic (exact) mass is 220 g/mol. The van der Waals surface area contributed by atoms with Crippen molar-refractivity contribution in [1.82, 2.24) is 4.90 Å². The molecular weight excluding hydrogens is 200 g/mol. The molecule has 1 aliphatic rings. The van der Waals surface area contributed by atoms with Crippen LogP contribution >= 0.6 is 0 Å². The van der Waals surface area contributed by atoms with E-state index < -0.39 is 0 Å². The highest BCUT2D eigenvalue weighted by Crippen LogP contribution is 2.30. The van der Waals surface area contributed by atoms with Gasteiger partial charge in [-0.15, -0.1) is 0 Å². The van der Waals surface area contributed by atoms with Gasteiger partial charge < -0.3 is 14.5 Å². The van der Waals surface area contributed by atoms with Crippen LogP contribution in [0.5, 0.6) is 5.75 Å². The van der Waals surface area contributed by atoms with Gasteiger partial charge in [-0.25, -0.2) is 0 Å². The van der Waals surface area contributed by atoms with Crippen molar-refractivity contribution in [2.75, 3.05) is 45.7 Å². The smallest absolute Gasteiger partial charge is 0.121 e. The molecule has 1 heterocycles. The van der Waals surface area contributed by atoms with Crippen molar-refractivity contribution in [1.29, 1.82) is 0 Å². The largest absolute Gasteiger partial charge is 0.492 e. The standard InChI is InChI=1S/C13H20N2O/c1-14(2)8-9-16-12-5-4-11-6-7-15(3)13(11)10-12/h4-5,10H,6-9H2,1-3H3. The average Bonchev–Trinajstić information content (AvgIpc) is 2.60. The van der Waals surface area contributed by atoms with E-state index in [1.807, 2.05) is 0 Å². The Balaban J connectivity index is 1.98. The van der Waals surface area contributed by atoms with Crippen molar-refractivity contribution in [2.24, 2.45) is 0 Å². The zero-order valence-corrected chi connectivity index (χ0v) is 10.4. The van der Waals surface area contributed by atoms with E-state index in [1.165, 1.54) is 11.3 Å². The Morgan fingerprint density at radius 2 is 2.19 bits per heavy atom. The van der Waals surface area contributed by atoms with Crippen LogP contribution in [0.4, 0.5) is 5.69 Å². The first-order valence-corrected chi connectivity index (χ1v) is 5.78. The number of rotatable bonds is 4. The Morgan fingerprint density at radius 3 is 2.94 bits per heavy atom. The number of ether oxygens (including phenoxy) is 1. The van der Waals surface area contributed by atoms with E-state index in [-0.39, 0.29) is 0 Å². The van der Waals surface area contributed by atoms with Crippen molar-refractivity contribution in [3.8, 4) is 5.75 Å². The maximum atomic E-state index is 5.72. The molecule has 0 N–H and O–H groups in total.